The van der Waals surface area contributed by atoms with E-state index in [1.54, 1.807) is 0 Å². The number of ether oxygens (including phenoxy) is 1. The van der Waals surface area contributed by atoms with Crippen LogP contribution in [0.4, 0.5) is 0 Å². The average Bonchev–Trinajstić information content (AvgIpc) is 2.14. The lowest BCUT2D eigenvalue weighted by Gasteiger charge is -2.25. The molecule has 76 valence electrons. The fourth-order valence-corrected chi connectivity index (χ4v) is 2.01. The Morgan fingerprint density at radius 1 is 1.43 bits per heavy atom. The van der Waals surface area contributed by atoms with Crippen molar-refractivity contribution in [1.29, 1.82) is 0 Å². The molecule has 1 aromatic carbocycles. The highest BCUT2D eigenvalue weighted by Crippen LogP contribution is 2.36. The molecule has 2 rings (SSSR count). The van der Waals surface area contributed by atoms with E-state index < -0.39 is 0 Å². The summed E-state index contributed by atoms with van der Waals surface area (Å²) in [6.07, 6.45) is 2.35. The maximum absolute atomic E-state index is 9.77. The van der Waals surface area contributed by atoms with Crippen molar-refractivity contribution in [3.05, 3.63) is 22.8 Å². The van der Waals surface area contributed by atoms with Crippen LogP contribution in [0.3, 0.4) is 0 Å². The van der Waals surface area contributed by atoms with E-state index in [1.807, 2.05) is 19.9 Å². The quantitative estimate of drug-likeness (QED) is 0.684. The van der Waals surface area contributed by atoms with Gasteiger partial charge in [-0.15, -0.1) is 0 Å². The highest BCUT2D eigenvalue weighted by atomic mass is 16.5. The second-order valence-electron chi connectivity index (χ2n) is 4.11. The Labute approximate surface area is 84.5 Å². The molecule has 14 heavy (non-hydrogen) atoms. The molecule has 0 aromatic heterocycles. The third kappa shape index (κ3) is 1.35. The largest absolute Gasteiger partial charge is 0.507 e. The van der Waals surface area contributed by atoms with E-state index in [4.69, 9.17) is 4.74 Å². The van der Waals surface area contributed by atoms with Crippen LogP contribution in [-0.4, -0.2) is 11.2 Å². The van der Waals surface area contributed by atoms with E-state index in [2.05, 4.69) is 6.92 Å². The van der Waals surface area contributed by atoms with Gasteiger partial charge < -0.3 is 9.84 Å². The summed E-state index contributed by atoms with van der Waals surface area (Å²) in [6.45, 7) is 5.95. The van der Waals surface area contributed by atoms with Crippen LogP contribution in [0, 0.1) is 13.8 Å². The molecule has 2 nitrogen and oxygen atoms in total. The smallest absolute Gasteiger partial charge is 0.123 e. The molecule has 1 aromatic rings. The van der Waals surface area contributed by atoms with Crippen LogP contribution in [-0.2, 0) is 6.42 Å². The highest BCUT2D eigenvalue weighted by molar-refractivity contribution is 5.52. The molecule has 1 aliphatic rings. The van der Waals surface area contributed by atoms with Crippen molar-refractivity contribution in [3.63, 3.8) is 0 Å². The van der Waals surface area contributed by atoms with Gasteiger partial charge in [0.05, 0.1) is 6.10 Å². The molecule has 1 heterocycles. The van der Waals surface area contributed by atoms with E-state index in [0.29, 0.717) is 11.9 Å². The molecule has 0 radical (unpaired) electrons. The van der Waals surface area contributed by atoms with Crippen LogP contribution >= 0.6 is 0 Å². The molecular weight excluding hydrogens is 176 g/mol. The molecule has 0 aliphatic carbocycles. The van der Waals surface area contributed by atoms with Crippen LogP contribution in [0.25, 0.3) is 0 Å². The highest BCUT2D eigenvalue weighted by Gasteiger charge is 2.20. The van der Waals surface area contributed by atoms with Gasteiger partial charge in [-0.1, -0.05) is 0 Å². The minimum Gasteiger partial charge on any atom is -0.507 e. The standard InChI is InChI=1S/C12H16O2/c1-7-6-11-10(9(3)12(7)13)5-4-8(2)14-11/h6,8,13H,4-5H2,1-3H3. The van der Waals surface area contributed by atoms with E-state index in [0.717, 1.165) is 29.7 Å². The monoisotopic (exact) mass is 192 g/mol. The van der Waals surface area contributed by atoms with Crippen molar-refractivity contribution in [2.45, 2.75) is 39.7 Å². The topological polar surface area (TPSA) is 29.5 Å². The van der Waals surface area contributed by atoms with Crippen LogP contribution in [0.15, 0.2) is 6.07 Å². The summed E-state index contributed by atoms with van der Waals surface area (Å²) in [5.41, 5.74) is 3.05. The third-order valence-corrected chi connectivity index (χ3v) is 2.96. The van der Waals surface area contributed by atoms with E-state index in [1.165, 1.54) is 5.56 Å². The van der Waals surface area contributed by atoms with Crippen molar-refractivity contribution in [1.82, 2.24) is 0 Å². The number of aromatic hydroxyl groups is 1. The fraction of sp³-hybridized carbons (Fsp3) is 0.500. The van der Waals surface area contributed by atoms with Gasteiger partial charge in [0.2, 0.25) is 0 Å². The molecule has 0 saturated heterocycles. The number of aryl methyl sites for hydroxylation is 1. The van der Waals surface area contributed by atoms with Crippen molar-refractivity contribution < 1.29 is 9.84 Å². The van der Waals surface area contributed by atoms with Crippen LogP contribution in [0.5, 0.6) is 11.5 Å². The molecule has 1 unspecified atom stereocenters. The summed E-state index contributed by atoms with van der Waals surface area (Å²) < 4.78 is 5.74. The molecule has 1 N–H and O–H groups in total. The van der Waals surface area contributed by atoms with E-state index in [-0.39, 0.29) is 0 Å². The molecular formula is C12H16O2. The maximum Gasteiger partial charge on any atom is 0.123 e. The van der Waals surface area contributed by atoms with Crippen molar-refractivity contribution in [3.8, 4) is 11.5 Å². The lowest BCUT2D eigenvalue weighted by Crippen LogP contribution is -2.19. The zero-order chi connectivity index (χ0) is 10.3. The zero-order valence-corrected chi connectivity index (χ0v) is 8.92. The Hall–Kier alpha value is -1.18. The van der Waals surface area contributed by atoms with Crippen LogP contribution in [0.2, 0.25) is 0 Å². The zero-order valence-electron chi connectivity index (χ0n) is 8.92. The predicted octanol–water partition coefficient (Wildman–Crippen LogP) is 2.72. The predicted molar refractivity (Wildman–Crippen MR) is 56.0 cm³/mol. The maximum atomic E-state index is 9.77. The van der Waals surface area contributed by atoms with Crippen molar-refractivity contribution in [2.75, 3.05) is 0 Å². The Morgan fingerprint density at radius 2 is 2.14 bits per heavy atom. The molecule has 1 aliphatic heterocycles. The first-order chi connectivity index (χ1) is 6.59. The number of hydrogen-bond acceptors (Lipinski definition) is 2. The third-order valence-electron chi connectivity index (χ3n) is 2.96. The summed E-state index contributed by atoms with van der Waals surface area (Å²) in [6, 6.07) is 1.94. The minimum absolute atomic E-state index is 0.297. The summed E-state index contributed by atoms with van der Waals surface area (Å²) >= 11 is 0. The number of fused-ring (bicyclic) bond motifs is 1. The van der Waals surface area contributed by atoms with Gasteiger partial charge in [-0.3, -0.25) is 0 Å². The molecule has 0 saturated carbocycles. The van der Waals surface area contributed by atoms with Gasteiger partial charge in [0.1, 0.15) is 11.5 Å². The van der Waals surface area contributed by atoms with Gasteiger partial charge in [0.25, 0.3) is 0 Å². The summed E-state index contributed by atoms with van der Waals surface area (Å²) in [5, 5.41) is 9.77. The molecule has 1 atom stereocenters. The average molecular weight is 192 g/mol. The second-order valence-corrected chi connectivity index (χ2v) is 4.11. The molecule has 0 spiro atoms. The summed E-state index contributed by atoms with van der Waals surface area (Å²) in [7, 11) is 0. The lowest BCUT2D eigenvalue weighted by molar-refractivity contribution is 0.191. The minimum atomic E-state index is 0.297. The molecule has 0 fully saturated rings. The lowest BCUT2D eigenvalue weighted by atomic mass is 9.95. The molecule has 0 amide bonds. The Bertz CT molecular complexity index is 369. The van der Waals surface area contributed by atoms with Gasteiger partial charge in [-0.2, -0.15) is 0 Å². The number of phenols is 1. The first kappa shape index (κ1) is 9.38. The van der Waals surface area contributed by atoms with Crippen molar-refractivity contribution >= 4 is 0 Å². The van der Waals surface area contributed by atoms with Crippen LogP contribution < -0.4 is 4.74 Å². The first-order valence-corrected chi connectivity index (χ1v) is 5.08. The summed E-state index contributed by atoms with van der Waals surface area (Å²) in [4.78, 5) is 0. The van der Waals surface area contributed by atoms with Crippen molar-refractivity contribution in [2.24, 2.45) is 0 Å². The van der Waals surface area contributed by atoms with E-state index >= 15 is 0 Å². The SMILES string of the molecule is Cc1cc2c(c(C)c1O)CCC(C)O2. The number of phenolic OH excluding ortho intramolecular Hbond substituents is 1. The Morgan fingerprint density at radius 3 is 2.86 bits per heavy atom. The Balaban J connectivity index is 2.54. The molecule has 2 heteroatoms. The number of rotatable bonds is 0. The Kier molecular flexibility index (Phi) is 2.14. The van der Waals surface area contributed by atoms with Crippen LogP contribution in [0.1, 0.15) is 30.0 Å². The number of benzene rings is 1. The number of hydrogen-bond donors (Lipinski definition) is 1. The van der Waals surface area contributed by atoms with Gasteiger partial charge in [0.15, 0.2) is 0 Å². The van der Waals surface area contributed by atoms with E-state index in [9.17, 15) is 5.11 Å². The first-order valence-electron chi connectivity index (χ1n) is 5.08. The fourth-order valence-electron chi connectivity index (χ4n) is 2.01. The normalized spacial score (nSPS) is 20.1. The summed E-state index contributed by atoms with van der Waals surface area (Å²) in [5.74, 6) is 1.37. The second kappa shape index (κ2) is 3.19. The van der Waals surface area contributed by atoms with Gasteiger partial charge in [-0.25, -0.2) is 0 Å². The van der Waals surface area contributed by atoms with Gasteiger partial charge in [0, 0.05) is 5.56 Å². The van der Waals surface area contributed by atoms with Gasteiger partial charge >= 0.3 is 0 Å². The van der Waals surface area contributed by atoms with Gasteiger partial charge in [-0.05, 0) is 50.8 Å². The molecule has 0 bridgehead atoms.